The zero-order valence-electron chi connectivity index (χ0n) is 16.4. The van der Waals surface area contributed by atoms with Crippen molar-refractivity contribution >= 4 is 17.8 Å². The van der Waals surface area contributed by atoms with Crippen LogP contribution in [-0.4, -0.2) is 63.1 Å². The maximum atomic E-state index is 12.2. The van der Waals surface area contributed by atoms with Gasteiger partial charge in [0.25, 0.3) is 0 Å². The zero-order chi connectivity index (χ0) is 19.6. The number of ether oxygens (including phenoxy) is 1. The predicted octanol–water partition coefficient (Wildman–Crippen LogP) is 1.05. The first-order valence-electron chi connectivity index (χ1n) is 9.37. The minimum atomic E-state index is -0.256. The van der Waals surface area contributed by atoms with E-state index < -0.39 is 0 Å². The third-order valence-electron chi connectivity index (χ3n) is 4.77. The van der Waals surface area contributed by atoms with Gasteiger partial charge in [0.05, 0.1) is 13.0 Å². The van der Waals surface area contributed by atoms with E-state index in [1.165, 1.54) is 12.7 Å². The largest absolute Gasteiger partial charge is 0.469 e. The van der Waals surface area contributed by atoms with Crippen molar-refractivity contribution in [3.8, 4) is 0 Å². The van der Waals surface area contributed by atoms with Gasteiger partial charge in [-0.05, 0) is 12.0 Å². The molecule has 2 atom stereocenters. The first kappa shape index (κ1) is 20.7. The molecule has 1 amide bonds. The Morgan fingerprint density at radius 1 is 1.33 bits per heavy atom. The summed E-state index contributed by atoms with van der Waals surface area (Å²) in [6.07, 6.45) is 1.43. The van der Waals surface area contributed by atoms with Crippen molar-refractivity contribution < 1.29 is 14.3 Å². The van der Waals surface area contributed by atoms with Crippen LogP contribution in [0.5, 0.6) is 0 Å². The second-order valence-electron chi connectivity index (χ2n) is 6.90. The topological polar surface area (TPSA) is 83.0 Å². The number of nitrogens with zero attached hydrogens (tertiary/aromatic N) is 2. The molecule has 0 spiro atoms. The van der Waals surface area contributed by atoms with Gasteiger partial charge in [-0.25, -0.2) is 0 Å². The van der Waals surface area contributed by atoms with Crippen LogP contribution in [-0.2, 0) is 20.7 Å². The molecule has 0 saturated carbocycles. The van der Waals surface area contributed by atoms with Gasteiger partial charge >= 0.3 is 5.97 Å². The molecule has 7 nitrogen and oxygen atoms in total. The van der Waals surface area contributed by atoms with Crippen LogP contribution in [0.25, 0.3) is 0 Å². The second-order valence-corrected chi connectivity index (χ2v) is 6.90. The van der Waals surface area contributed by atoms with Crippen LogP contribution in [0.1, 0.15) is 18.9 Å². The van der Waals surface area contributed by atoms with Gasteiger partial charge in [-0.3, -0.25) is 14.6 Å². The summed E-state index contributed by atoms with van der Waals surface area (Å²) in [5.41, 5.74) is 1.25. The highest BCUT2D eigenvalue weighted by atomic mass is 16.5. The number of hydrogen-bond donors (Lipinski definition) is 2. The fourth-order valence-electron chi connectivity index (χ4n) is 3.11. The van der Waals surface area contributed by atoms with E-state index in [4.69, 9.17) is 4.74 Å². The number of carbonyl (C=O) groups is 2. The summed E-state index contributed by atoms with van der Waals surface area (Å²) in [6, 6.07) is 10.2. The van der Waals surface area contributed by atoms with Gasteiger partial charge in [-0.15, -0.1) is 0 Å². The van der Waals surface area contributed by atoms with Gasteiger partial charge in [0.2, 0.25) is 5.91 Å². The SMILES string of the molecule is CN=C(NCC1CC(=O)N(CCc2ccccc2)C1)NCC(C)C(=O)OC. The predicted molar refractivity (Wildman–Crippen MR) is 105 cm³/mol. The van der Waals surface area contributed by atoms with Crippen LogP contribution in [0.15, 0.2) is 35.3 Å². The van der Waals surface area contributed by atoms with Crippen molar-refractivity contribution in [1.82, 2.24) is 15.5 Å². The number of carbonyl (C=O) groups excluding carboxylic acids is 2. The molecule has 27 heavy (non-hydrogen) atoms. The van der Waals surface area contributed by atoms with E-state index in [0.29, 0.717) is 25.5 Å². The normalized spacial score (nSPS) is 18.3. The standard InChI is InChI=1S/C20H30N4O3/c1-15(19(26)27-3)12-22-20(21-2)23-13-17-11-18(25)24(14-17)10-9-16-7-5-4-6-8-16/h4-8,15,17H,9-14H2,1-3H3,(H2,21,22,23). The summed E-state index contributed by atoms with van der Waals surface area (Å²) in [7, 11) is 3.07. The monoisotopic (exact) mass is 374 g/mol. The van der Waals surface area contributed by atoms with Gasteiger partial charge in [0.1, 0.15) is 0 Å². The Balaban J connectivity index is 1.72. The molecule has 1 aliphatic heterocycles. The number of benzene rings is 1. The fourth-order valence-corrected chi connectivity index (χ4v) is 3.11. The van der Waals surface area contributed by atoms with Crippen LogP contribution < -0.4 is 10.6 Å². The summed E-state index contributed by atoms with van der Waals surface area (Å²) in [5, 5.41) is 6.36. The van der Waals surface area contributed by atoms with E-state index in [-0.39, 0.29) is 23.7 Å². The molecule has 1 fully saturated rings. The molecule has 148 valence electrons. The lowest BCUT2D eigenvalue weighted by atomic mass is 10.1. The van der Waals surface area contributed by atoms with Crippen molar-refractivity contribution in [1.29, 1.82) is 0 Å². The molecule has 0 aromatic heterocycles. The number of amides is 1. The maximum absolute atomic E-state index is 12.2. The second kappa shape index (κ2) is 10.5. The lowest BCUT2D eigenvalue weighted by molar-refractivity contribution is -0.144. The van der Waals surface area contributed by atoms with Gasteiger partial charge in [-0.1, -0.05) is 37.3 Å². The molecule has 2 rings (SSSR count). The highest BCUT2D eigenvalue weighted by molar-refractivity contribution is 5.81. The average molecular weight is 374 g/mol. The van der Waals surface area contributed by atoms with E-state index in [1.54, 1.807) is 14.0 Å². The first-order chi connectivity index (χ1) is 13.0. The van der Waals surface area contributed by atoms with Crippen molar-refractivity contribution in [3.63, 3.8) is 0 Å². The maximum Gasteiger partial charge on any atom is 0.310 e. The van der Waals surface area contributed by atoms with Gasteiger partial charge in [0.15, 0.2) is 5.96 Å². The zero-order valence-corrected chi connectivity index (χ0v) is 16.4. The molecular weight excluding hydrogens is 344 g/mol. The number of nitrogens with one attached hydrogen (secondary N) is 2. The quantitative estimate of drug-likeness (QED) is 0.404. The molecule has 0 bridgehead atoms. The Morgan fingerprint density at radius 3 is 2.74 bits per heavy atom. The number of guanidine groups is 1. The van der Waals surface area contributed by atoms with Gasteiger partial charge < -0.3 is 20.3 Å². The number of methoxy groups -OCH3 is 1. The Labute approximate surface area is 161 Å². The Bertz CT molecular complexity index is 648. The van der Waals surface area contributed by atoms with Gasteiger partial charge in [0, 0.05) is 45.6 Å². The Kier molecular flexibility index (Phi) is 8.10. The summed E-state index contributed by atoms with van der Waals surface area (Å²) >= 11 is 0. The Morgan fingerprint density at radius 2 is 2.07 bits per heavy atom. The number of aliphatic imine (C=N–C) groups is 1. The van der Waals surface area contributed by atoms with Crippen LogP contribution in [0.3, 0.4) is 0 Å². The molecule has 1 aliphatic rings. The molecule has 1 aromatic carbocycles. The molecular formula is C20H30N4O3. The minimum Gasteiger partial charge on any atom is -0.469 e. The van der Waals surface area contributed by atoms with E-state index in [0.717, 1.165) is 19.5 Å². The average Bonchev–Trinajstić information content (AvgIpc) is 3.06. The number of rotatable bonds is 8. The van der Waals surface area contributed by atoms with Crippen molar-refractivity contribution in [2.24, 2.45) is 16.8 Å². The summed E-state index contributed by atoms with van der Waals surface area (Å²) in [4.78, 5) is 29.8. The summed E-state index contributed by atoms with van der Waals surface area (Å²) < 4.78 is 4.72. The molecule has 2 unspecified atom stereocenters. The smallest absolute Gasteiger partial charge is 0.310 e. The highest BCUT2D eigenvalue weighted by Gasteiger charge is 2.29. The number of hydrogen-bond acceptors (Lipinski definition) is 4. The first-order valence-corrected chi connectivity index (χ1v) is 9.37. The minimum absolute atomic E-state index is 0.208. The molecule has 2 N–H and O–H groups in total. The molecule has 1 aromatic rings. The molecule has 0 aliphatic carbocycles. The van der Waals surface area contributed by atoms with E-state index in [1.807, 2.05) is 23.1 Å². The summed E-state index contributed by atoms with van der Waals surface area (Å²) in [6.45, 7) is 4.42. The number of likely N-dealkylation sites (tertiary alicyclic amines) is 1. The van der Waals surface area contributed by atoms with E-state index >= 15 is 0 Å². The lowest BCUT2D eigenvalue weighted by Gasteiger charge is -2.18. The van der Waals surface area contributed by atoms with Crippen molar-refractivity contribution in [3.05, 3.63) is 35.9 Å². The third kappa shape index (κ3) is 6.58. The summed E-state index contributed by atoms with van der Waals surface area (Å²) in [5.74, 6) is 0.578. The van der Waals surface area contributed by atoms with Crippen LogP contribution in [0.2, 0.25) is 0 Å². The van der Waals surface area contributed by atoms with Crippen LogP contribution in [0.4, 0.5) is 0 Å². The lowest BCUT2D eigenvalue weighted by Crippen LogP contribution is -2.43. The van der Waals surface area contributed by atoms with Crippen LogP contribution >= 0.6 is 0 Å². The van der Waals surface area contributed by atoms with Crippen molar-refractivity contribution in [2.45, 2.75) is 19.8 Å². The molecule has 1 heterocycles. The number of esters is 1. The fraction of sp³-hybridized carbons (Fsp3) is 0.550. The van der Waals surface area contributed by atoms with E-state index in [2.05, 4.69) is 27.8 Å². The molecule has 0 radical (unpaired) electrons. The van der Waals surface area contributed by atoms with E-state index in [9.17, 15) is 9.59 Å². The Hall–Kier alpha value is -2.57. The molecule has 1 saturated heterocycles. The molecule has 7 heteroatoms. The van der Waals surface area contributed by atoms with Gasteiger partial charge in [-0.2, -0.15) is 0 Å². The van der Waals surface area contributed by atoms with Crippen molar-refractivity contribution in [2.75, 3.05) is 40.3 Å². The highest BCUT2D eigenvalue weighted by Crippen LogP contribution is 2.17. The third-order valence-corrected chi connectivity index (χ3v) is 4.77. The van der Waals surface area contributed by atoms with Crippen LogP contribution in [0, 0.1) is 11.8 Å².